The minimum Gasteiger partial charge on any atom is -0.497 e. The molecule has 0 atom stereocenters. The van der Waals surface area contributed by atoms with Crippen molar-refractivity contribution in [3.63, 3.8) is 0 Å². The molecule has 0 unspecified atom stereocenters. The van der Waals surface area contributed by atoms with E-state index in [9.17, 15) is 9.59 Å². The van der Waals surface area contributed by atoms with Gasteiger partial charge in [0.1, 0.15) is 12.3 Å². The highest BCUT2D eigenvalue weighted by molar-refractivity contribution is 8.27. The molecular weight excluding hydrogens is 534 g/mol. The minimum atomic E-state index is -0.188. The van der Waals surface area contributed by atoms with E-state index in [0.717, 1.165) is 22.2 Å². The van der Waals surface area contributed by atoms with Crippen LogP contribution >= 0.6 is 24.0 Å². The summed E-state index contributed by atoms with van der Waals surface area (Å²) in [7, 11) is 1.59. The number of nitrogens with one attached hydrogen (secondary N) is 1. The predicted octanol–water partition coefficient (Wildman–Crippen LogP) is 5.73. The van der Waals surface area contributed by atoms with E-state index in [4.69, 9.17) is 26.4 Å². The van der Waals surface area contributed by atoms with Crippen LogP contribution in [-0.2, 0) is 16.1 Å². The Morgan fingerprint density at radius 2 is 1.87 bits per heavy atom. The second-order valence-electron chi connectivity index (χ2n) is 8.93. The maximum atomic E-state index is 13.4. The van der Waals surface area contributed by atoms with Crippen LogP contribution in [0.25, 0.3) is 17.0 Å². The molecule has 8 nitrogen and oxygen atoms in total. The molecule has 1 saturated heterocycles. The van der Waals surface area contributed by atoms with Crippen molar-refractivity contribution < 1.29 is 23.8 Å². The number of fused-ring (bicyclic) bond motifs is 2. The molecule has 0 bridgehead atoms. The molecule has 1 fully saturated rings. The third-order valence-corrected chi connectivity index (χ3v) is 7.94. The summed E-state index contributed by atoms with van der Waals surface area (Å²) in [4.78, 5) is 28.5. The molecule has 3 aromatic carbocycles. The summed E-state index contributed by atoms with van der Waals surface area (Å²) < 4.78 is 18.4. The molecule has 196 valence electrons. The Hall–Kier alpha value is -4.28. The zero-order valence-corrected chi connectivity index (χ0v) is 22.7. The van der Waals surface area contributed by atoms with Gasteiger partial charge in [0.15, 0.2) is 15.8 Å². The third kappa shape index (κ3) is 4.62. The van der Waals surface area contributed by atoms with Crippen LogP contribution in [0.15, 0.2) is 71.6 Å². The summed E-state index contributed by atoms with van der Waals surface area (Å²) in [5.74, 6) is 1.58. The van der Waals surface area contributed by atoms with E-state index < -0.39 is 0 Å². The summed E-state index contributed by atoms with van der Waals surface area (Å²) in [6.07, 6.45) is 1.87. The molecule has 6 rings (SSSR count). The predicted molar refractivity (Wildman–Crippen MR) is 157 cm³/mol. The molecule has 2 aliphatic rings. The lowest BCUT2D eigenvalue weighted by molar-refractivity contribution is -0.116. The third-order valence-electron chi connectivity index (χ3n) is 6.64. The van der Waals surface area contributed by atoms with Gasteiger partial charge < -0.3 is 24.1 Å². The second kappa shape index (κ2) is 10.1. The Kier molecular flexibility index (Phi) is 6.49. The molecule has 2 aliphatic heterocycles. The molecule has 3 heterocycles. The number of hydrogen-bond donors (Lipinski definition) is 1. The Morgan fingerprint density at radius 3 is 2.67 bits per heavy atom. The van der Waals surface area contributed by atoms with Crippen molar-refractivity contribution in [2.75, 3.05) is 24.1 Å². The Bertz CT molecular complexity index is 1680. The lowest BCUT2D eigenvalue weighted by atomic mass is 10.1. The van der Waals surface area contributed by atoms with Crippen LogP contribution in [0.1, 0.15) is 11.3 Å². The molecule has 2 amide bonds. The molecule has 39 heavy (non-hydrogen) atoms. The van der Waals surface area contributed by atoms with E-state index in [-0.39, 0.29) is 25.2 Å². The van der Waals surface area contributed by atoms with Gasteiger partial charge in [-0.05, 0) is 55.5 Å². The summed E-state index contributed by atoms with van der Waals surface area (Å²) in [6, 6.07) is 20.3. The fourth-order valence-corrected chi connectivity index (χ4v) is 6.00. The Morgan fingerprint density at radius 1 is 1.10 bits per heavy atom. The minimum absolute atomic E-state index is 0.0986. The SMILES string of the molecule is COc1ccc(N2C(=O)/C(=C\c3c(C)n(CC(=O)Nc4ccc5c(c4)OCO5)c4ccccc34)SC2=S)cc1. The second-order valence-corrected chi connectivity index (χ2v) is 10.6. The number of hydrogen-bond acceptors (Lipinski definition) is 7. The lowest BCUT2D eigenvalue weighted by Crippen LogP contribution is -2.27. The topological polar surface area (TPSA) is 82.0 Å². The normalized spacial score (nSPS) is 15.4. The van der Waals surface area contributed by atoms with E-state index >= 15 is 0 Å². The van der Waals surface area contributed by atoms with Gasteiger partial charge in [-0.25, -0.2) is 0 Å². The van der Waals surface area contributed by atoms with Crippen molar-refractivity contribution in [1.82, 2.24) is 4.57 Å². The number of carbonyl (C=O) groups is 2. The number of anilines is 2. The average molecular weight is 558 g/mol. The lowest BCUT2D eigenvalue weighted by Gasteiger charge is -2.14. The van der Waals surface area contributed by atoms with Crippen LogP contribution in [0.2, 0.25) is 0 Å². The highest BCUT2D eigenvalue weighted by Crippen LogP contribution is 2.39. The summed E-state index contributed by atoms with van der Waals surface area (Å²) >= 11 is 6.82. The first kappa shape index (κ1) is 25.0. The molecule has 10 heteroatoms. The Balaban J connectivity index is 1.29. The highest BCUT2D eigenvalue weighted by Gasteiger charge is 2.34. The van der Waals surface area contributed by atoms with Crippen LogP contribution in [0.5, 0.6) is 17.2 Å². The van der Waals surface area contributed by atoms with Crippen LogP contribution in [0, 0.1) is 6.92 Å². The number of thioether (sulfide) groups is 1. The number of rotatable bonds is 6. The molecule has 1 aromatic heterocycles. The van der Waals surface area contributed by atoms with Gasteiger partial charge in [0.05, 0.1) is 17.7 Å². The quantitative estimate of drug-likeness (QED) is 0.239. The van der Waals surface area contributed by atoms with Crippen molar-refractivity contribution in [2.24, 2.45) is 0 Å². The van der Waals surface area contributed by atoms with Gasteiger partial charge in [-0.3, -0.25) is 14.5 Å². The van der Waals surface area contributed by atoms with E-state index in [2.05, 4.69) is 5.32 Å². The largest absolute Gasteiger partial charge is 0.497 e. The van der Waals surface area contributed by atoms with Gasteiger partial charge in [-0.1, -0.05) is 42.2 Å². The zero-order chi connectivity index (χ0) is 27.1. The van der Waals surface area contributed by atoms with Crippen molar-refractivity contribution >= 4 is 68.5 Å². The molecule has 4 aromatic rings. The molecule has 0 radical (unpaired) electrons. The first-order valence-corrected chi connectivity index (χ1v) is 13.3. The van der Waals surface area contributed by atoms with Crippen molar-refractivity contribution in [1.29, 1.82) is 0 Å². The summed E-state index contributed by atoms with van der Waals surface area (Å²) in [5, 5.41) is 3.88. The van der Waals surface area contributed by atoms with Crippen molar-refractivity contribution in [3.8, 4) is 17.2 Å². The fraction of sp³-hybridized carbons (Fsp3) is 0.138. The van der Waals surface area contributed by atoms with Crippen molar-refractivity contribution in [2.45, 2.75) is 13.5 Å². The molecule has 0 spiro atoms. The molecule has 1 N–H and O–H groups in total. The van der Waals surface area contributed by atoms with Gasteiger partial charge in [0.2, 0.25) is 12.7 Å². The summed E-state index contributed by atoms with van der Waals surface area (Å²) in [5.41, 5.74) is 3.94. The number of methoxy groups -OCH3 is 1. The van der Waals surface area contributed by atoms with Crippen LogP contribution in [-0.4, -0.2) is 34.6 Å². The maximum absolute atomic E-state index is 13.4. The van der Waals surface area contributed by atoms with Gasteiger partial charge in [-0.2, -0.15) is 0 Å². The standard InChI is InChI=1S/C29H23N3O5S2/c1-17-22(14-26-28(34)32(29(38)39-26)19-8-10-20(35-2)11-9-19)21-5-3-4-6-23(21)31(17)15-27(33)30-18-7-12-24-25(13-18)37-16-36-24/h3-14H,15-16H2,1-2H3,(H,30,33)/b26-14+. The number of para-hydroxylation sites is 1. The number of nitrogens with zero attached hydrogens (tertiary/aromatic N) is 2. The van der Waals surface area contributed by atoms with E-state index in [1.54, 1.807) is 37.4 Å². The van der Waals surface area contributed by atoms with Crippen LogP contribution in [0.4, 0.5) is 11.4 Å². The first-order chi connectivity index (χ1) is 18.9. The number of carbonyl (C=O) groups excluding carboxylic acids is 2. The molecular formula is C29H23N3O5S2. The zero-order valence-electron chi connectivity index (χ0n) is 21.1. The van der Waals surface area contributed by atoms with Gasteiger partial charge in [0, 0.05) is 33.9 Å². The van der Waals surface area contributed by atoms with Crippen molar-refractivity contribution in [3.05, 3.63) is 82.9 Å². The van der Waals surface area contributed by atoms with Gasteiger partial charge >= 0.3 is 0 Å². The van der Waals surface area contributed by atoms with E-state index in [1.165, 1.54) is 16.7 Å². The summed E-state index contributed by atoms with van der Waals surface area (Å²) in [6.45, 7) is 2.22. The number of aromatic nitrogens is 1. The van der Waals surface area contributed by atoms with E-state index in [0.29, 0.717) is 37.8 Å². The van der Waals surface area contributed by atoms with Gasteiger partial charge in [0.25, 0.3) is 5.91 Å². The number of thiocarbonyl (C=S) groups is 1. The van der Waals surface area contributed by atoms with Crippen LogP contribution in [0.3, 0.4) is 0 Å². The smallest absolute Gasteiger partial charge is 0.270 e. The van der Waals surface area contributed by atoms with Gasteiger partial charge in [-0.15, -0.1) is 0 Å². The number of benzene rings is 3. The van der Waals surface area contributed by atoms with Crippen LogP contribution < -0.4 is 24.4 Å². The van der Waals surface area contributed by atoms with E-state index in [1.807, 2.05) is 54.0 Å². The number of amides is 2. The first-order valence-electron chi connectivity index (χ1n) is 12.1. The number of ether oxygens (including phenoxy) is 3. The highest BCUT2D eigenvalue weighted by atomic mass is 32.2. The average Bonchev–Trinajstić information content (AvgIpc) is 3.59. The molecule has 0 aliphatic carbocycles. The Labute approximate surface area is 234 Å². The monoisotopic (exact) mass is 557 g/mol. The maximum Gasteiger partial charge on any atom is 0.270 e. The fourth-order valence-electron chi connectivity index (χ4n) is 4.71. The molecule has 0 saturated carbocycles.